The number of aromatic nitrogens is 2. The molecule has 1 aromatic heterocycles. The van der Waals surface area contributed by atoms with Crippen LogP contribution in [0.2, 0.25) is 0 Å². The summed E-state index contributed by atoms with van der Waals surface area (Å²) in [5.41, 5.74) is 0.542. The fourth-order valence-electron chi connectivity index (χ4n) is 1.95. The second-order valence-electron chi connectivity index (χ2n) is 4.63. The van der Waals surface area contributed by atoms with Crippen molar-refractivity contribution in [3.8, 4) is 5.92 Å². The molecule has 2 N–H and O–H groups in total. The molecule has 0 aliphatic heterocycles. The topological polar surface area (TPSA) is 84.1 Å². The summed E-state index contributed by atoms with van der Waals surface area (Å²) in [5, 5.41) is 2.49. The number of aromatic amines is 1. The molecule has 2 rings (SSSR count). The molecule has 1 heterocycles. The van der Waals surface area contributed by atoms with Crippen LogP contribution in [0.1, 0.15) is 21.6 Å². The van der Waals surface area contributed by atoms with Gasteiger partial charge in [-0.15, -0.1) is 0 Å². The number of nitrogens with zero attached hydrogens (tertiary/aromatic N) is 1. The van der Waals surface area contributed by atoms with E-state index in [1.807, 2.05) is 5.92 Å². The Morgan fingerprint density at radius 1 is 1.52 bits per heavy atom. The number of imidazole rings is 1. The summed E-state index contributed by atoms with van der Waals surface area (Å²) in [4.78, 5) is 30.7. The van der Waals surface area contributed by atoms with Gasteiger partial charge in [0, 0.05) is 18.2 Å². The number of esters is 1. The van der Waals surface area contributed by atoms with Crippen molar-refractivity contribution in [3.63, 3.8) is 0 Å². The monoisotopic (exact) mass is 314 g/mol. The molecule has 1 amide bonds. The highest BCUT2D eigenvalue weighted by atomic mass is 19.1. The first-order valence-corrected chi connectivity index (χ1v) is 6.63. The van der Waals surface area contributed by atoms with E-state index in [2.05, 4.69) is 20.0 Å². The van der Waals surface area contributed by atoms with Crippen LogP contribution in [-0.4, -0.2) is 35.0 Å². The van der Waals surface area contributed by atoms with Crippen molar-refractivity contribution in [2.75, 3.05) is 7.11 Å². The van der Waals surface area contributed by atoms with Gasteiger partial charge in [0.25, 0.3) is 5.91 Å². The molecule has 0 saturated carbocycles. The Bertz CT molecular complexity index is 750. The average molecular weight is 314 g/mol. The third-order valence-corrected chi connectivity index (χ3v) is 3.13. The number of nitrogens with one attached hydrogen (secondary N) is 2. The van der Waals surface area contributed by atoms with Gasteiger partial charge in [0.2, 0.25) is 0 Å². The molecule has 1 atom stereocenters. The van der Waals surface area contributed by atoms with Crippen molar-refractivity contribution in [2.45, 2.75) is 12.5 Å². The van der Waals surface area contributed by atoms with Crippen LogP contribution in [0.4, 0.5) is 4.39 Å². The molecule has 6 nitrogen and oxygen atoms in total. The lowest BCUT2D eigenvalue weighted by molar-refractivity contribution is -0.142. The summed E-state index contributed by atoms with van der Waals surface area (Å²) in [7, 11) is 1.21. The number of benzene rings is 1. The maximum absolute atomic E-state index is 13.6. The molecule has 23 heavy (non-hydrogen) atoms. The van der Waals surface area contributed by atoms with E-state index in [9.17, 15) is 14.0 Å². The maximum Gasteiger partial charge on any atom is 0.328 e. The SMILES string of the molecule is [C]#Cc1ccc(C(=O)NC(Cc2c[nH]cn2)C(=O)OC)cc1F. The first-order valence-electron chi connectivity index (χ1n) is 6.63. The van der Waals surface area contributed by atoms with Crippen LogP contribution in [-0.2, 0) is 16.0 Å². The van der Waals surface area contributed by atoms with Gasteiger partial charge in [-0.1, -0.05) is 0 Å². The van der Waals surface area contributed by atoms with Crippen molar-refractivity contribution in [1.29, 1.82) is 0 Å². The van der Waals surface area contributed by atoms with Gasteiger partial charge < -0.3 is 15.0 Å². The number of halogens is 1. The predicted molar refractivity (Wildman–Crippen MR) is 78.2 cm³/mol. The zero-order valence-electron chi connectivity index (χ0n) is 12.2. The molecule has 0 aliphatic carbocycles. The van der Waals surface area contributed by atoms with Gasteiger partial charge in [-0.2, -0.15) is 0 Å². The quantitative estimate of drug-likeness (QED) is 0.637. The molecule has 0 aliphatic rings. The Morgan fingerprint density at radius 2 is 2.30 bits per heavy atom. The van der Waals surface area contributed by atoms with E-state index < -0.39 is 23.7 Å². The minimum absolute atomic E-state index is 0.0254. The molecular weight excluding hydrogens is 301 g/mol. The van der Waals surface area contributed by atoms with Crippen LogP contribution in [0.3, 0.4) is 0 Å². The van der Waals surface area contributed by atoms with E-state index in [-0.39, 0.29) is 17.5 Å². The van der Waals surface area contributed by atoms with Crippen LogP contribution < -0.4 is 5.32 Å². The lowest BCUT2D eigenvalue weighted by Gasteiger charge is -2.15. The Kier molecular flexibility index (Phi) is 5.10. The van der Waals surface area contributed by atoms with E-state index in [4.69, 9.17) is 6.42 Å². The molecular formula is C16H13FN3O3. The molecule has 0 bridgehead atoms. The first-order chi connectivity index (χ1) is 11.0. The average Bonchev–Trinajstić information content (AvgIpc) is 3.06. The lowest BCUT2D eigenvalue weighted by Crippen LogP contribution is -2.43. The van der Waals surface area contributed by atoms with Gasteiger partial charge in [0.1, 0.15) is 11.9 Å². The van der Waals surface area contributed by atoms with E-state index in [0.29, 0.717) is 5.69 Å². The highest BCUT2D eigenvalue weighted by Gasteiger charge is 2.23. The summed E-state index contributed by atoms with van der Waals surface area (Å²) in [6, 6.07) is 2.64. The summed E-state index contributed by atoms with van der Waals surface area (Å²) < 4.78 is 18.3. The largest absolute Gasteiger partial charge is 0.467 e. The van der Waals surface area contributed by atoms with E-state index in [1.165, 1.54) is 25.6 Å². The zero-order valence-corrected chi connectivity index (χ0v) is 12.2. The Balaban J connectivity index is 2.15. The highest BCUT2D eigenvalue weighted by molar-refractivity contribution is 5.96. The fraction of sp³-hybridized carbons (Fsp3) is 0.188. The smallest absolute Gasteiger partial charge is 0.328 e. The van der Waals surface area contributed by atoms with E-state index in [0.717, 1.165) is 6.07 Å². The van der Waals surface area contributed by atoms with Crippen molar-refractivity contribution >= 4 is 11.9 Å². The number of carbonyl (C=O) groups is 2. The third kappa shape index (κ3) is 3.95. The minimum atomic E-state index is -0.951. The van der Waals surface area contributed by atoms with Gasteiger partial charge in [-0.25, -0.2) is 14.2 Å². The van der Waals surface area contributed by atoms with E-state index in [1.54, 1.807) is 6.20 Å². The predicted octanol–water partition coefficient (Wildman–Crippen LogP) is 1.00. The van der Waals surface area contributed by atoms with Crippen LogP contribution in [0, 0.1) is 18.2 Å². The van der Waals surface area contributed by atoms with Gasteiger partial charge >= 0.3 is 5.97 Å². The van der Waals surface area contributed by atoms with Gasteiger partial charge in [0.15, 0.2) is 0 Å². The third-order valence-electron chi connectivity index (χ3n) is 3.13. The van der Waals surface area contributed by atoms with Crippen molar-refractivity contribution in [3.05, 3.63) is 59.8 Å². The fourth-order valence-corrected chi connectivity index (χ4v) is 1.95. The summed E-state index contributed by atoms with van der Waals surface area (Å²) in [6.45, 7) is 0. The van der Waals surface area contributed by atoms with Crippen molar-refractivity contribution in [2.24, 2.45) is 0 Å². The number of H-pyrrole nitrogens is 1. The Morgan fingerprint density at radius 3 is 2.87 bits per heavy atom. The van der Waals surface area contributed by atoms with Crippen molar-refractivity contribution < 1.29 is 18.7 Å². The van der Waals surface area contributed by atoms with E-state index >= 15 is 0 Å². The number of rotatable bonds is 5. The van der Waals surface area contributed by atoms with Crippen LogP contribution in [0.15, 0.2) is 30.7 Å². The molecule has 1 unspecified atom stereocenters. The molecule has 7 heteroatoms. The second kappa shape index (κ2) is 7.22. The molecule has 2 aromatic rings. The Labute approximate surface area is 132 Å². The number of ether oxygens (including phenoxy) is 1. The molecule has 0 fully saturated rings. The standard InChI is InChI=1S/C16H13FN3O3/c1-3-10-4-5-11(6-13(10)17)15(21)20-14(16(22)23-2)7-12-8-18-9-19-12/h4-6,8-9,14H,7H2,2H3,(H,18,19)(H,20,21). The molecule has 1 radical (unpaired) electrons. The van der Waals surface area contributed by atoms with Gasteiger partial charge in [-0.05, 0) is 30.5 Å². The maximum atomic E-state index is 13.6. The molecule has 0 saturated heterocycles. The number of methoxy groups -OCH3 is 1. The Hall–Kier alpha value is -3.14. The minimum Gasteiger partial charge on any atom is -0.467 e. The van der Waals surface area contributed by atoms with Crippen LogP contribution >= 0.6 is 0 Å². The highest BCUT2D eigenvalue weighted by Crippen LogP contribution is 2.10. The summed E-state index contributed by atoms with van der Waals surface area (Å²) >= 11 is 0. The number of hydrogen-bond donors (Lipinski definition) is 2. The van der Waals surface area contributed by atoms with Crippen LogP contribution in [0.25, 0.3) is 0 Å². The normalized spacial score (nSPS) is 11.3. The first kappa shape index (κ1) is 16.2. The van der Waals surface area contributed by atoms with Gasteiger partial charge in [0.05, 0.1) is 24.7 Å². The summed E-state index contributed by atoms with van der Waals surface area (Å²) in [6.07, 6.45) is 10.1. The lowest BCUT2D eigenvalue weighted by atomic mass is 10.1. The van der Waals surface area contributed by atoms with Crippen LogP contribution in [0.5, 0.6) is 0 Å². The second-order valence-corrected chi connectivity index (χ2v) is 4.63. The zero-order chi connectivity index (χ0) is 16.8. The number of hydrogen-bond acceptors (Lipinski definition) is 4. The number of carbonyl (C=O) groups excluding carboxylic acids is 2. The number of amides is 1. The molecule has 0 spiro atoms. The van der Waals surface area contributed by atoms with Gasteiger partial charge in [-0.3, -0.25) is 4.79 Å². The molecule has 117 valence electrons. The molecule has 1 aromatic carbocycles. The van der Waals surface area contributed by atoms with Crippen molar-refractivity contribution in [1.82, 2.24) is 15.3 Å². The summed E-state index contributed by atoms with van der Waals surface area (Å²) in [5.74, 6) is -0.0905.